The second-order valence-electron chi connectivity index (χ2n) is 30.4. The molecule has 3 aromatic carbocycles. The predicted molar refractivity (Wildman–Crippen MR) is 370 cm³/mol. The van der Waals surface area contributed by atoms with Gasteiger partial charge in [-0.1, -0.05) is 58.0 Å². The van der Waals surface area contributed by atoms with E-state index in [1.807, 2.05) is 91.9 Å². The number of anilines is 3. The van der Waals surface area contributed by atoms with Gasteiger partial charge in [0.25, 0.3) is 0 Å². The van der Waals surface area contributed by atoms with Gasteiger partial charge in [-0.3, -0.25) is 0 Å². The lowest BCUT2D eigenvalue weighted by molar-refractivity contribution is -0.0507. The molecule has 6 aliphatic rings. The average Bonchev–Trinajstić information content (AvgIpc) is 1.38. The van der Waals surface area contributed by atoms with Crippen LogP contribution in [0.3, 0.4) is 0 Å². The Morgan fingerprint density at radius 1 is 0.561 bits per heavy atom. The molecule has 506 valence electrons. The van der Waals surface area contributed by atoms with Gasteiger partial charge in [0.2, 0.25) is 0 Å². The fourth-order valence-corrected chi connectivity index (χ4v) is 16.3. The zero-order valence-corrected chi connectivity index (χ0v) is 57.5. The fraction of sp³-hybridized carbons (Fsp3) is 0.520. The van der Waals surface area contributed by atoms with Crippen LogP contribution in [0.1, 0.15) is 160 Å². The molecule has 6 fully saturated rings. The van der Waals surface area contributed by atoms with Crippen LogP contribution in [0.4, 0.5) is 17.5 Å². The van der Waals surface area contributed by atoms with Crippen LogP contribution < -0.4 is 19.4 Å². The highest BCUT2D eigenvalue weighted by molar-refractivity contribution is 5.86. The summed E-state index contributed by atoms with van der Waals surface area (Å²) in [4.78, 5) is 36.7. The summed E-state index contributed by atoms with van der Waals surface area (Å²) < 4.78 is 19.0. The monoisotopic (exact) mass is 1320 g/mol. The molecule has 23 nitrogen and oxygen atoms in total. The molecule has 23 heteroatoms. The third-order valence-corrected chi connectivity index (χ3v) is 24.1. The largest absolute Gasteiger partial charge is 0.457 e. The third kappa shape index (κ3) is 10.9. The molecular formula is C75H86N18O5. The van der Waals surface area contributed by atoms with Crippen LogP contribution in [0.5, 0.6) is 6.01 Å². The van der Waals surface area contributed by atoms with Crippen molar-refractivity contribution in [2.24, 2.45) is 29.6 Å². The zero-order valence-electron chi connectivity index (χ0n) is 57.5. The van der Waals surface area contributed by atoms with Gasteiger partial charge in [0.1, 0.15) is 42.7 Å². The molecule has 2 unspecified atom stereocenters. The van der Waals surface area contributed by atoms with Gasteiger partial charge in [-0.05, 0) is 139 Å². The van der Waals surface area contributed by atoms with Gasteiger partial charge in [0.05, 0.1) is 86.8 Å². The van der Waals surface area contributed by atoms with Crippen LogP contribution in [0.15, 0.2) is 85.5 Å². The lowest BCUT2D eigenvalue weighted by atomic mass is 9.65. The SMILES string of the molecule is C[C@@H]1CN(c2cc(-n3ncc4ccc(C5(C#N)CCC5)cc43)nc(COCc3cc(C4(C#N)CCC4)cc4c3cnn4-c3cc(N4C[C@@H](C)C(C)(O)[C@@H](C)C4)nc(OCc4nn(-c5cc(N6CC[C@H](C(C)(C)O)[C@@H]6C)ncn5)c5cc(C6(C#N)CCC6)ccc45)n3)n2)C[C@H](C)C1(C)O. The number of rotatable bonds is 17. The zero-order chi connectivity index (χ0) is 68.4. The molecule has 0 spiro atoms. The molecule has 3 aliphatic carbocycles. The van der Waals surface area contributed by atoms with E-state index in [0.29, 0.717) is 85.1 Å². The molecule has 0 radical (unpaired) electrons. The second-order valence-corrected chi connectivity index (χ2v) is 30.4. The lowest BCUT2D eigenvalue weighted by Crippen LogP contribution is -2.55. The fourth-order valence-electron chi connectivity index (χ4n) is 16.3. The summed E-state index contributed by atoms with van der Waals surface area (Å²) in [7, 11) is 0. The van der Waals surface area contributed by atoms with Gasteiger partial charge in [-0.25, -0.2) is 34.0 Å². The molecule has 15 rings (SSSR count). The number of hydrogen-bond donors (Lipinski definition) is 3. The van der Waals surface area contributed by atoms with Gasteiger partial charge < -0.3 is 39.5 Å². The van der Waals surface area contributed by atoms with Crippen molar-refractivity contribution >= 4 is 50.2 Å². The van der Waals surface area contributed by atoms with E-state index >= 15 is 0 Å². The first-order valence-electron chi connectivity index (χ1n) is 34.9. The van der Waals surface area contributed by atoms with Crippen molar-refractivity contribution in [3.63, 3.8) is 0 Å². The van der Waals surface area contributed by atoms with Crippen molar-refractivity contribution in [2.45, 2.75) is 185 Å². The van der Waals surface area contributed by atoms with Crippen LogP contribution in [0.25, 0.3) is 50.2 Å². The summed E-state index contributed by atoms with van der Waals surface area (Å²) >= 11 is 0. The number of piperidine rings is 2. The Morgan fingerprint density at radius 2 is 1.07 bits per heavy atom. The highest BCUT2D eigenvalue weighted by atomic mass is 16.5. The predicted octanol–water partition coefficient (Wildman–Crippen LogP) is 10.9. The average molecular weight is 1320 g/mol. The van der Waals surface area contributed by atoms with Crippen LogP contribution in [0.2, 0.25) is 0 Å². The van der Waals surface area contributed by atoms with Crippen LogP contribution in [-0.2, 0) is 40.8 Å². The van der Waals surface area contributed by atoms with E-state index in [1.165, 1.54) is 0 Å². The Balaban J connectivity index is 0.783. The molecule has 3 saturated carbocycles. The van der Waals surface area contributed by atoms with Crippen LogP contribution in [0, 0.1) is 63.6 Å². The summed E-state index contributed by atoms with van der Waals surface area (Å²) in [6, 6.07) is 30.2. The first-order chi connectivity index (χ1) is 46.9. The Hall–Kier alpha value is -9.18. The normalized spacial score (nSPS) is 25.7. The van der Waals surface area contributed by atoms with Crippen molar-refractivity contribution in [1.82, 2.24) is 59.2 Å². The van der Waals surface area contributed by atoms with E-state index in [9.17, 15) is 31.1 Å². The van der Waals surface area contributed by atoms with E-state index in [4.69, 9.17) is 54.7 Å². The van der Waals surface area contributed by atoms with Crippen molar-refractivity contribution in [2.75, 3.05) is 47.4 Å². The van der Waals surface area contributed by atoms with Gasteiger partial charge in [0.15, 0.2) is 23.3 Å². The number of aromatic nitrogens is 12. The van der Waals surface area contributed by atoms with E-state index in [2.05, 4.69) is 91.8 Å². The molecule has 0 bridgehead atoms. The maximum absolute atomic E-state index is 11.7. The van der Waals surface area contributed by atoms with Gasteiger partial charge in [-0.15, -0.1) is 0 Å². The molecule has 9 aromatic rings. The minimum absolute atomic E-state index is 0.0187. The second kappa shape index (κ2) is 24.1. The lowest BCUT2D eigenvalue weighted by Gasteiger charge is -2.46. The Morgan fingerprint density at radius 3 is 1.66 bits per heavy atom. The van der Waals surface area contributed by atoms with Gasteiger partial charge >= 0.3 is 6.01 Å². The van der Waals surface area contributed by atoms with Crippen molar-refractivity contribution in [3.05, 3.63) is 119 Å². The first kappa shape index (κ1) is 64.8. The summed E-state index contributed by atoms with van der Waals surface area (Å²) in [5, 5.41) is 83.8. The summed E-state index contributed by atoms with van der Waals surface area (Å²) in [6.45, 7) is 20.9. The van der Waals surface area contributed by atoms with E-state index in [0.717, 1.165) is 113 Å². The standard InChI is InChI=1S/C75H86N18O5/c1-45-34-88(35-46(2)71(45,8)95)65-30-67(91-59-26-52(14-13-50(59)32-81-91)73(41-76)18-10-19-73)84-62(83-65)40-97-38-51-25-54(75(43-78)22-12-23-75)28-61-56(51)33-82-92(61)68-31-66(89-36-47(3)72(9,96)48(4)37-89)85-69(86-68)98-39-58-55-16-15-53(74(42-77)20-11-21-74)27-60(55)93(87-58)64-29-63(79-44-80-64)90-24-17-57(49(90)5)70(6,7)94/h13-16,25-33,44-49,57,94-96H,10-12,17-24,34-40H2,1-9H3/t45-,46+,47-,48+,49-,57-,71?,72?/m0/s1. The van der Waals surface area contributed by atoms with Crippen molar-refractivity contribution < 1.29 is 24.8 Å². The van der Waals surface area contributed by atoms with Gasteiger partial charge in [-0.2, -0.15) is 41.0 Å². The van der Waals surface area contributed by atoms with Crippen LogP contribution >= 0.6 is 0 Å². The number of nitrogens with zero attached hydrogens (tertiary/aromatic N) is 18. The summed E-state index contributed by atoms with van der Waals surface area (Å²) in [5.41, 5.74) is 1.98. The first-order valence-corrected chi connectivity index (χ1v) is 34.9. The number of fused-ring (bicyclic) bond motifs is 3. The van der Waals surface area contributed by atoms with E-state index < -0.39 is 33.0 Å². The highest BCUT2D eigenvalue weighted by Gasteiger charge is 2.46. The van der Waals surface area contributed by atoms with Crippen molar-refractivity contribution in [3.8, 4) is 41.7 Å². The molecule has 3 saturated heterocycles. The molecule has 0 amide bonds. The Kier molecular flexibility index (Phi) is 15.9. The summed E-state index contributed by atoms with van der Waals surface area (Å²) in [5.74, 6) is 3.66. The maximum Gasteiger partial charge on any atom is 0.320 e. The number of nitriles is 3. The highest BCUT2D eigenvalue weighted by Crippen LogP contribution is 2.48. The smallest absolute Gasteiger partial charge is 0.320 e. The number of benzene rings is 3. The topological polar surface area (TPSA) is 291 Å². The minimum Gasteiger partial charge on any atom is -0.457 e. The molecule has 98 heavy (non-hydrogen) atoms. The molecule has 8 atom stereocenters. The molecule has 3 N–H and O–H groups in total. The molecular weight excluding hydrogens is 1230 g/mol. The van der Waals surface area contributed by atoms with Crippen molar-refractivity contribution in [1.29, 1.82) is 15.8 Å². The van der Waals surface area contributed by atoms with E-state index in [-0.39, 0.29) is 61.5 Å². The quantitative estimate of drug-likeness (QED) is 0.0763. The Labute approximate surface area is 570 Å². The van der Waals surface area contributed by atoms with Crippen LogP contribution in [-0.4, -0.2) is 130 Å². The van der Waals surface area contributed by atoms with Gasteiger partial charge in [0, 0.05) is 103 Å². The third-order valence-electron chi connectivity index (χ3n) is 24.1. The number of ether oxygens (including phenoxy) is 2. The summed E-state index contributed by atoms with van der Waals surface area (Å²) in [6.07, 6.45) is 13.5. The minimum atomic E-state index is -0.916. The molecule has 3 aliphatic heterocycles. The van der Waals surface area contributed by atoms with E-state index in [1.54, 1.807) is 11.0 Å². The number of hydrogen-bond acceptors (Lipinski definition) is 20. The maximum atomic E-state index is 11.7. The number of aliphatic hydroxyl groups is 3. The molecule has 9 heterocycles. The molecule has 6 aromatic heterocycles. The Bertz CT molecular complexity index is 4700.